The fraction of sp³-hybridized carbons (Fsp3) is 0.286. The van der Waals surface area contributed by atoms with Crippen LogP contribution in [0, 0.1) is 5.82 Å². The van der Waals surface area contributed by atoms with E-state index >= 15 is 0 Å². The number of nitrogens with one attached hydrogen (secondary N) is 1. The Bertz CT molecular complexity index is 1380. The van der Waals surface area contributed by atoms with Crippen molar-refractivity contribution in [3.8, 4) is 22.2 Å². The van der Waals surface area contributed by atoms with Crippen molar-refractivity contribution < 1.29 is 18.5 Å². The number of nitrogens with zero attached hydrogens (tertiary/aromatic N) is 4. The summed E-state index contributed by atoms with van der Waals surface area (Å²) in [6.45, 7) is 4.60. The molecule has 0 saturated carbocycles. The van der Waals surface area contributed by atoms with E-state index in [1.165, 1.54) is 13.0 Å². The molecule has 1 saturated heterocycles. The van der Waals surface area contributed by atoms with Crippen molar-refractivity contribution in [3.05, 3.63) is 83.0 Å². The smallest absolute Gasteiger partial charge is 0.268 e. The first-order valence-corrected chi connectivity index (χ1v) is 13.3. The molecule has 8 nitrogen and oxygen atoms in total. The molecule has 0 radical (unpaired) electrons. The van der Waals surface area contributed by atoms with Crippen LogP contribution in [0.1, 0.15) is 18.1 Å². The Morgan fingerprint density at radius 2 is 1.82 bits per heavy atom. The van der Waals surface area contributed by atoms with E-state index in [0.717, 1.165) is 22.5 Å². The van der Waals surface area contributed by atoms with Gasteiger partial charge in [-0.1, -0.05) is 53.7 Å². The van der Waals surface area contributed by atoms with Crippen molar-refractivity contribution in [2.75, 3.05) is 26.2 Å². The van der Waals surface area contributed by atoms with Crippen LogP contribution >= 0.6 is 11.3 Å². The van der Waals surface area contributed by atoms with E-state index in [1.54, 1.807) is 34.4 Å². The summed E-state index contributed by atoms with van der Waals surface area (Å²) in [6, 6.07) is 17.5. The highest BCUT2D eigenvalue weighted by atomic mass is 32.1. The molecule has 38 heavy (non-hydrogen) atoms. The first kappa shape index (κ1) is 25.7. The van der Waals surface area contributed by atoms with Gasteiger partial charge < -0.3 is 14.7 Å². The van der Waals surface area contributed by atoms with Crippen LogP contribution in [0.4, 0.5) is 4.39 Å². The molecule has 10 heteroatoms. The first-order chi connectivity index (χ1) is 18.5. The van der Waals surface area contributed by atoms with Crippen molar-refractivity contribution in [2.45, 2.75) is 25.9 Å². The van der Waals surface area contributed by atoms with Crippen molar-refractivity contribution >= 4 is 23.2 Å². The molecule has 5 rings (SSSR count). The van der Waals surface area contributed by atoms with E-state index in [4.69, 9.17) is 4.52 Å². The lowest BCUT2D eigenvalue weighted by atomic mass is 10.0. The largest absolute Gasteiger partial charge is 0.344 e. The standard InChI is InChI=1S/C28H28FN5O3S/c1-19(35)30-24(17-22-5-2-3-6-23(22)29)28(36)34-14-12-33(13-15-34)18-20-8-10-21(11-9-20)26-31-27(37-32-26)25-7-4-16-38-25/h2-11,16,24H,12-15,17-18H2,1H3,(H,30,35). The SMILES string of the molecule is CC(=O)NC(Cc1ccccc1F)C(=O)N1CCN(Cc2ccc(-c3noc(-c4cccs4)n3)cc2)CC1. The maximum Gasteiger partial charge on any atom is 0.268 e. The monoisotopic (exact) mass is 533 g/mol. The van der Waals surface area contributed by atoms with Gasteiger partial charge >= 0.3 is 0 Å². The lowest BCUT2D eigenvalue weighted by Crippen LogP contribution is -2.55. The molecule has 4 aromatic rings. The number of piperazine rings is 1. The Kier molecular flexibility index (Phi) is 7.90. The zero-order chi connectivity index (χ0) is 26.5. The zero-order valence-corrected chi connectivity index (χ0v) is 21.8. The molecule has 1 atom stereocenters. The molecule has 1 fully saturated rings. The molecule has 1 unspecified atom stereocenters. The third-order valence-corrected chi connectivity index (χ3v) is 7.38. The van der Waals surface area contributed by atoms with E-state index in [-0.39, 0.29) is 24.1 Å². The fourth-order valence-electron chi connectivity index (χ4n) is 4.53. The summed E-state index contributed by atoms with van der Waals surface area (Å²) < 4.78 is 19.6. The highest BCUT2D eigenvalue weighted by Gasteiger charge is 2.29. The Balaban J connectivity index is 1.16. The van der Waals surface area contributed by atoms with Gasteiger partial charge in [-0.15, -0.1) is 11.3 Å². The predicted octanol–water partition coefficient (Wildman–Crippen LogP) is 4.00. The molecule has 2 amide bonds. The highest BCUT2D eigenvalue weighted by Crippen LogP contribution is 2.26. The van der Waals surface area contributed by atoms with Gasteiger partial charge in [0, 0.05) is 51.6 Å². The molecule has 1 aliphatic heterocycles. The third kappa shape index (κ3) is 6.15. The van der Waals surface area contributed by atoms with Gasteiger partial charge in [0.25, 0.3) is 5.89 Å². The number of amides is 2. The molecular formula is C28H28FN5O3S. The van der Waals surface area contributed by atoms with E-state index in [2.05, 4.69) is 32.5 Å². The molecule has 2 aromatic carbocycles. The number of hydrogen-bond donors (Lipinski definition) is 1. The van der Waals surface area contributed by atoms with Crippen LogP contribution in [0.25, 0.3) is 22.2 Å². The van der Waals surface area contributed by atoms with Crippen LogP contribution in [-0.4, -0.2) is 64.0 Å². The van der Waals surface area contributed by atoms with Crippen LogP contribution in [0.5, 0.6) is 0 Å². The quantitative estimate of drug-likeness (QED) is 0.368. The second-order valence-electron chi connectivity index (χ2n) is 9.25. The van der Waals surface area contributed by atoms with Gasteiger partial charge in [0.15, 0.2) is 0 Å². The fourth-order valence-corrected chi connectivity index (χ4v) is 5.18. The number of carbonyl (C=O) groups excluding carboxylic acids is 2. The number of carbonyl (C=O) groups is 2. The number of benzene rings is 2. The first-order valence-electron chi connectivity index (χ1n) is 12.4. The van der Waals surface area contributed by atoms with Gasteiger partial charge in [0.05, 0.1) is 4.88 Å². The van der Waals surface area contributed by atoms with Gasteiger partial charge in [-0.2, -0.15) is 4.98 Å². The molecule has 1 aliphatic rings. The zero-order valence-electron chi connectivity index (χ0n) is 21.0. The number of hydrogen-bond acceptors (Lipinski definition) is 7. The minimum Gasteiger partial charge on any atom is -0.344 e. The van der Waals surface area contributed by atoms with Crippen LogP contribution < -0.4 is 5.32 Å². The van der Waals surface area contributed by atoms with Gasteiger partial charge in [0.2, 0.25) is 17.6 Å². The Labute approximate surface area is 224 Å². The Hall–Kier alpha value is -3.89. The van der Waals surface area contributed by atoms with Crippen molar-refractivity contribution in [1.82, 2.24) is 25.3 Å². The van der Waals surface area contributed by atoms with Crippen molar-refractivity contribution in [2.24, 2.45) is 0 Å². The van der Waals surface area contributed by atoms with Crippen LogP contribution in [0.3, 0.4) is 0 Å². The number of rotatable bonds is 8. The average molecular weight is 534 g/mol. The molecule has 0 aliphatic carbocycles. The van der Waals surface area contributed by atoms with E-state index < -0.39 is 6.04 Å². The van der Waals surface area contributed by atoms with Gasteiger partial charge in [-0.05, 0) is 28.6 Å². The van der Waals surface area contributed by atoms with Crippen molar-refractivity contribution in [1.29, 1.82) is 0 Å². The summed E-state index contributed by atoms with van der Waals surface area (Å²) in [5.74, 6) is 0.186. The summed E-state index contributed by atoms with van der Waals surface area (Å²) in [6.07, 6.45) is 0.118. The van der Waals surface area contributed by atoms with Crippen LogP contribution in [-0.2, 0) is 22.6 Å². The van der Waals surface area contributed by atoms with Crippen LogP contribution in [0.15, 0.2) is 70.6 Å². The normalized spacial score (nSPS) is 14.8. The summed E-state index contributed by atoms with van der Waals surface area (Å²) in [4.78, 5) is 34.4. The third-order valence-electron chi connectivity index (χ3n) is 6.52. The Morgan fingerprint density at radius 3 is 2.50 bits per heavy atom. The minimum absolute atomic E-state index is 0.118. The number of halogens is 1. The molecule has 0 spiro atoms. The molecule has 196 valence electrons. The average Bonchev–Trinajstić information content (AvgIpc) is 3.63. The number of thiophene rings is 1. The van der Waals surface area contributed by atoms with E-state index in [1.807, 2.05) is 29.6 Å². The number of aromatic nitrogens is 2. The molecule has 1 N–H and O–H groups in total. The lowest BCUT2D eigenvalue weighted by molar-refractivity contribution is -0.137. The maximum atomic E-state index is 14.2. The van der Waals surface area contributed by atoms with Gasteiger partial charge in [-0.25, -0.2) is 4.39 Å². The molecule has 3 heterocycles. The van der Waals surface area contributed by atoms with Crippen LogP contribution in [0.2, 0.25) is 0 Å². The molecular weight excluding hydrogens is 505 g/mol. The maximum absolute atomic E-state index is 14.2. The summed E-state index contributed by atoms with van der Waals surface area (Å²) in [7, 11) is 0. The summed E-state index contributed by atoms with van der Waals surface area (Å²) in [5, 5.41) is 8.78. The van der Waals surface area contributed by atoms with Gasteiger partial charge in [-0.3, -0.25) is 14.5 Å². The second-order valence-corrected chi connectivity index (χ2v) is 10.2. The Morgan fingerprint density at radius 1 is 1.05 bits per heavy atom. The predicted molar refractivity (Wildman–Crippen MR) is 143 cm³/mol. The van der Waals surface area contributed by atoms with E-state index in [0.29, 0.717) is 43.5 Å². The van der Waals surface area contributed by atoms with Crippen molar-refractivity contribution in [3.63, 3.8) is 0 Å². The summed E-state index contributed by atoms with van der Waals surface area (Å²) in [5.41, 5.74) is 2.44. The molecule has 2 aromatic heterocycles. The van der Waals surface area contributed by atoms with E-state index in [9.17, 15) is 14.0 Å². The second kappa shape index (κ2) is 11.7. The lowest BCUT2D eigenvalue weighted by Gasteiger charge is -2.36. The summed E-state index contributed by atoms with van der Waals surface area (Å²) >= 11 is 1.55. The highest BCUT2D eigenvalue weighted by molar-refractivity contribution is 7.13. The minimum atomic E-state index is -0.797. The molecule has 0 bridgehead atoms. The topological polar surface area (TPSA) is 91.6 Å². The van der Waals surface area contributed by atoms with Gasteiger partial charge in [0.1, 0.15) is 11.9 Å².